The van der Waals surface area contributed by atoms with Gasteiger partial charge in [0.05, 0.1) is 11.5 Å². The zero-order chi connectivity index (χ0) is 18.4. The number of nitrogens with zero attached hydrogens (tertiary/aromatic N) is 1. The number of carbonyl (C=O) groups is 1. The Balaban J connectivity index is 1.46. The van der Waals surface area contributed by atoms with Gasteiger partial charge in [-0.05, 0) is 49.7 Å². The van der Waals surface area contributed by atoms with E-state index in [4.69, 9.17) is 16.0 Å². The first-order chi connectivity index (χ1) is 12.6. The fourth-order valence-corrected chi connectivity index (χ4v) is 4.45. The molecule has 0 spiro atoms. The van der Waals surface area contributed by atoms with Crippen LogP contribution in [0.2, 0.25) is 5.02 Å². The van der Waals surface area contributed by atoms with Crippen molar-refractivity contribution in [3.05, 3.63) is 58.5 Å². The molecule has 1 aromatic carbocycles. The van der Waals surface area contributed by atoms with E-state index in [1.807, 2.05) is 18.2 Å². The van der Waals surface area contributed by atoms with Crippen molar-refractivity contribution in [3.63, 3.8) is 0 Å². The largest absolute Gasteiger partial charge is 0.455 e. The highest BCUT2D eigenvalue weighted by Crippen LogP contribution is 2.18. The van der Waals surface area contributed by atoms with Gasteiger partial charge in [-0.15, -0.1) is 0 Å². The van der Waals surface area contributed by atoms with Crippen molar-refractivity contribution >= 4 is 28.3 Å². The number of likely N-dealkylation sites (tertiary alicyclic amines) is 1. The number of rotatable bonds is 8. The van der Waals surface area contributed by atoms with Gasteiger partial charge in [-0.2, -0.15) is 0 Å². The molecule has 26 heavy (non-hydrogen) atoms. The van der Waals surface area contributed by atoms with E-state index in [1.54, 1.807) is 18.2 Å². The average Bonchev–Trinajstić information content (AvgIpc) is 3.29. The topological polar surface area (TPSA) is 62.6 Å². The SMILES string of the molecule is O=C(NCCN1CCCC1)c1ccc(CS(=O)Cc2ccccc2Cl)o1. The van der Waals surface area contributed by atoms with Crippen molar-refractivity contribution in [2.24, 2.45) is 0 Å². The van der Waals surface area contributed by atoms with Crippen LogP contribution in [0.3, 0.4) is 0 Å². The van der Waals surface area contributed by atoms with E-state index in [2.05, 4.69) is 10.2 Å². The molecule has 140 valence electrons. The minimum absolute atomic E-state index is 0.229. The maximum Gasteiger partial charge on any atom is 0.287 e. The first kappa shape index (κ1) is 19.1. The molecule has 1 atom stereocenters. The lowest BCUT2D eigenvalue weighted by atomic mass is 10.2. The Morgan fingerprint density at radius 3 is 2.69 bits per heavy atom. The van der Waals surface area contributed by atoms with E-state index in [0.29, 0.717) is 23.1 Å². The molecule has 1 aromatic heterocycles. The van der Waals surface area contributed by atoms with Gasteiger partial charge in [-0.1, -0.05) is 29.8 Å². The summed E-state index contributed by atoms with van der Waals surface area (Å²) in [5.41, 5.74) is 0.846. The second-order valence-electron chi connectivity index (χ2n) is 6.39. The van der Waals surface area contributed by atoms with Gasteiger partial charge in [-0.3, -0.25) is 9.00 Å². The number of benzene rings is 1. The molecule has 5 nitrogen and oxygen atoms in total. The molecule has 2 heterocycles. The van der Waals surface area contributed by atoms with Gasteiger partial charge in [0.25, 0.3) is 5.91 Å². The lowest BCUT2D eigenvalue weighted by molar-refractivity contribution is 0.0920. The van der Waals surface area contributed by atoms with Gasteiger partial charge in [-0.25, -0.2) is 0 Å². The highest BCUT2D eigenvalue weighted by atomic mass is 35.5. The molecule has 7 heteroatoms. The fourth-order valence-electron chi connectivity index (χ4n) is 3.00. The third-order valence-corrected chi connectivity index (χ3v) is 5.98. The number of amides is 1. The highest BCUT2D eigenvalue weighted by molar-refractivity contribution is 7.83. The maximum absolute atomic E-state index is 12.3. The number of halogens is 1. The molecule has 1 aliphatic heterocycles. The van der Waals surface area contributed by atoms with Crippen molar-refractivity contribution in [3.8, 4) is 0 Å². The molecule has 2 aromatic rings. The van der Waals surface area contributed by atoms with E-state index in [1.165, 1.54) is 12.8 Å². The third-order valence-electron chi connectivity index (χ3n) is 4.38. The molecule has 1 fully saturated rings. The summed E-state index contributed by atoms with van der Waals surface area (Å²) in [6.45, 7) is 3.69. The number of carbonyl (C=O) groups excluding carboxylic acids is 1. The van der Waals surface area contributed by atoms with Gasteiger partial charge in [0.2, 0.25) is 0 Å². The minimum atomic E-state index is -1.16. The van der Waals surface area contributed by atoms with Crippen LogP contribution in [0.25, 0.3) is 0 Å². The van der Waals surface area contributed by atoms with E-state index < -0.39 is 10.8 Å². The fraction of sp³-hybridized carbons (Fsp3) is 0.421. The Kier molecular flexibility index (Phi) is 6.88. The van der Waals surface area contributed by atoms with Crippen LogP contribution < -0.4 is 5.32 Å². The first-order valence-electron chi connectivity index (χ1n) is 8.79. The Hall–Kier alpha value is -1.63. The summed E-state index contributed by atoms with van der Waals surface area (Å²) in [4.78, 5) is 14.5. The van der Waals surface area contributed by atoms with Crippen LogP contribution in [0.15, 0.2) is 40.8 Å². The number of hydrogen-bond donors (Lipinski definition) is 1. The third kappa shape index (κ3) is 5.43. The van der Waals surface area contributed by atoms with Crippen molar-refractivity contribution in [2.45, 2.75) is 24.3 Å². The average molecular weight is 395 g/mol. The van der Waals surface area contributed by atoms with E-state index in [9.17, 15) is 9.00 Å². The van der Waals surface area contributed by atoms with Gasteiger partial charge in [0, 0.05) is 28.9 Å². The first-order valence-corrected chi connectivity index (χ1v) is 10.7. The van der Waals surface area contributed by atoms with Crippen LogP contribution in [0.1, 0.15) is 34.7 Å². The van der Waals surface area contributed by atoms with Gasteiger partial charge in [0.15, 0.2) is 5.76 Å². The zero-order valence-corrected chi connectivity index (χ0v) is 16.2. The Bertz CT molecular complexity index is 772. The van der Waals surface area contributed by atoms with Crippen LogP contribution in [0.5, 0.6) is 0 Å². The number of furan rings is 1. The van der Waals surface area contributed by atoms with E-state index in [0.717, 1.165) is 25.2 Å². The van der Waals surface area contributed by atoms with Gasteiger partial charge < -0.3 is 14.6 Å². The van der Waals surface area contributed by atoms with Crippen molar-refractivity contribution in [1.82, 2.24) is 10.2 Å². The van der Waals surface area contributed by atoms with Crippen LogP contribution in [-0.4, -0.2) is 41.2 Å². The maximum atomic E-state index is 12.3. The van der Waals surface area contributed by atoms with Crippen LogP contribution in [0, 0.1) is 0 Å². The molecule has 0 saturated carbocycles. The van der Waals surface area contributed by atoms with Crippen LogP contribution in [-0.2, 0) is 22.3 Å². The standard InChI is InChI=1S/C19H23ClN2O3S/c20-17-6-2-1-5-15(17)13-26(24)14-16-7-8-18(25-16)19(23)21-9-12-22-10-3-4-11-22/h1-2,5-8H,3-4,9-14H2,(H,21,23). The molecular formula is C19H23ClN2O3S. The Labute approximate surface area is 161 Å². The quantitative estimate of drug-likeness (QED) is 0.746. The van der Waals surface area contributed by atoms with Crippen molar-refractivity contribution < 1.29 is 13.4 Å². The van der Waals surface area contributed by atoms with Gasteiger partial charge >= 0.3 is 0 Å². The lowest BCUT2D eigenvalue weighted by Crippen LogP contribution is -2.33. The van der Waals surface area contributed by atoms with Crippen LogP contribution in [0.4, 0.5) is 0 Å². The Morgan fingerprint density at radius 1 is 1.15 bits per heavy atom. The summed E-state index contributed by atoms with van der Waals surface area (Å²) in [6.07, 6.45) is 2.47. The van der Waals surface area contributed by atoms with E-state index >= 15 is 0 Å². The predicted octanol–water partition coefficient (Wildman–Crippen LogP) is 3.21. The molecule has 3 rings (SSSR count). The smallest absolute Gasteiger partial charge is 0.287 e. The summed E-state index contributed by atoms with van der Waals surface area (Å²) in [5.74, 6) is 1.19. The molecule has 0 radical (unpaired) electrons. The zero-order valence-electron chi connectivity index (χ0n) is 14.6. The summed E-state index contributed by atoms with van der Waals surface area (Å²) < 4.78 is 17.9. The highest BCUT2D eigenvalue weighted by Gasteiger charge is 2.15. The molecular weight excluding hydrogens is 372 g/mol. The summed E-state index contributed by atoms with van der Waals surface area (Å²) in [7, 11) is -1.16. The second-order valence-corrected chi connectivity index (χ2v) is 8.25. The Morgan fingerprint density at radius 2 is 1.92 bits per heavy atom. The minimum Gasteiger partial charge on any atom is -0.455 e. The summed E-state index contributed by atoms with van der Waals surface area (Å²) in [6, 6.07) is 10.7. The van der Waals surface area contributed by atoms with Gasteiger partial charge in [0.1, 0.15) is 5.76 Å². The van der Waals surface area contributed by atoms with E-state index in [-0.39, 0.29) is 17.4 Å². The van der Waals surface area contributed by atoms with Crippen molar-refractivity contribution in [2.75, 3.05) is 26.2 Å². The molecule has 1 amide bonds. The predicted molar refractivity (Wildman–Crippen MR) is 104 cm³/mol. The summed E-state index contributed by atoms with van der Waals surface area (Å²) in [5, 5.41) is 3.48. The van der Waals surface area contributed by atoms with Crippen molar-refractivity contribution in [1.29, 1.82) is 0 Å². The monoisotopic (exact) mass is 394 g/mol. The molecule has 1 aliphatic rings. The molecule has 0 aliphatic carbocycles. The normalized spacial score (nSPS) is 15.9. The van der Waals surface area contributed by atoms with Crippen LogP contribution >= 0.6 is 11.6 Å². The molecule has 1 saturated heterocycles. The number of hydrogen-bond acceptors (Lipinski definition) is 4. The molecule has 1 N–H and O–H groups in total. The molecule has 0 bridgehead atoms. The summed E-state index contributed by atoms with van der Waals surface area (Å²) >= 11 is 6.10. The molecule has 1 unspecified atom stereocenters. The number of nitrogens with one attached hydrogen (secondary N) is 1. The lowest BCUT2D eigenvalue weighted by Gasteiger charge is -2.14. The second kappa shape index (κ2) is 9.35.